The Bertz CT molecular complexity index is 2130. The summed E-state index contributed by atoms with van der Waals surface area (Å²) in [5, 5.41) is 10.6. The second-order valence-electron chi connectivity index (χ2n) is 12.4. The molecule has 8 aromatic carbocycles. The third-order valence-electron chi connectivity index (χ3n) is 8.34. The fraction of sp³-hybridized carbons (Fsp3) is 0.136. The van der Waals surface area contributed by atoms with E-state index in [1.165, 1.54) is 87.6 Å². The van der Waals surface area contributed by atoms with Crippen LogP contribution in [0.2, 0.25) is 13.1 Å². The SMILES string of the molecule is C[Si]C.Cc1cc(-c2ccc3ccccc3c2)c2cc(C)[cH-]c2c1.Cc1cc(-c2ccc3ccccc3c2)c2cc(C)[cH-]c2c1.[Cl][Zr+2][Cl]. The molecule has 0 N–H and O–H groups in total. The van der Waals surface area contributed by atoms with Gasteiger partial charge in [0.25, 0.3) is 0 Å². The van der Waals surface area contributed by atoms with Crippen LogP contribution in [-0.2, 0) is 20.8 Å². The van der Waals surface area contributed by atoms with Crippen molar-refractivity contribution in [2.75, 3.05) is 0 Å². The molecular weight excluding hydrogens is 719 g/mol. The number of fused-ring (bicyclic) bond motifs is 4. The Hall–Kier alpha value is -3.26. The van der Waals surface area contributed by atoms with Gasteiger partial charge in [-0.2, -0.15) is 12.1 Å². The summed E-state index contributed by atoms with van der Waals surface area (Å²) in [6.07, 6.45) is 0. The molecule has 0 aliphatic rings. The predicted molar refractivity (Wildman–Crippen MR) is 213 cm³/mol. The Morgan fingerprint density at radius 1 is 0.479 bits per heavy atom. The summed E-state index contributed by atoms with van der Waals surface area (Å²) in [4.78, 5) is 0. The van der Waals surface area contributed by atoms with Crippen molar-refractivity contribution in [3.8, 4) is 22.3 Å². The number of hydrogen-bond donors (Lipinski definition) is 0. The summed E-state index contributed by atoms with van der Waals surface area (Å²) in [5.74, 6) is 0. The molecule has 0 fully saturated rings. The molecule has 0 aromatic heterocycles. The van der Waals surface area contributed by atoms with Crippen molar-refractivity contribution in [3.05, 3.63) is 156 Å². The van der Waals surface area contributed by atoms with Gasteiger partial charge in [0, 0.05) is 9.52 Å². The number of aryl methyl sites for hydroxylation is 4. The van der Waals surface area contributed by atoms with Crippen LogP contribution in [0.5, 0.6) is 0 Å². The minimum atomic E-state index is -0.826. The van der Waals surface area contributed by atoms with E-state index in [2.05, 4.69) is 174 Å². The third-order valence-corrected chi connectivity index (χ3v) is 8.34. The van der Waals surface area contributed by atoms with Gasteiger partial charge in [0.05, 0.1) is 0 Å². The van der Waals surface area contributed by atoms with Crippen LogP contribution >= 0.6 is 17.0 Å². The molecule has 0 bridgehead atoms. The zero-order chi connectivity index (χ0) is 34.2. The molecule has 8 aromatic rings. The van der Waals surface area contributed by atoms with Crippen LogP contribution in [0.15, 0.2) is 133 Å². The first-order chi connectivity index (χ1) is 23.2. The van der Waals surface area contributed by atoms with E-state index in [4.69, 9.17) is 17.0 Å². The Kier molecular flexibility index (Phi) is 12.7. The van der Waals surface area contributed by atoms with Gasteiger partial charge in [0.2, 0.25) is 0 Å². The Balaban J connectivity index is 0.000000162. The molecule has 0 saturated heterocycles. The van der Waals surface area contributed by atoms with Crippen molar-refractivity contribution in [2.45, 2.75) is 40.8 Å². The summed E-state index contributed by atoms with van der Waals surface area (Å²) < 4.78 is 0. The standard InChI is InChI=1S/2C21H17.C2H6Si.2ClH.Zr/c2*1-14-9-19-10-15(2)12-21(19)20(11-14)18-8-7-16-5-3-4-6-17(16)13-18;1-3-2;;;/h2*3-13H,1-2H3;1-2H3;2*1H;/q2*-1;;;;+4/p-2. The zero-order valence-corrected chi connectivity index (χ0v) is 33.4. The van der Waals surface area contributed by atoms with Crippen LogP contribution < -0.4 is 0 Å². The monoisotopic (exact) mass is 756 g/mol. The molecule has 4 heteroatoms. The first kappa shape index (κ1) is 36.0. The third kappa shape index (κ3) is 8.66. The van der Waals surface area contributed by atoms with E-state index in [9.17, 15) is 0 Å². The van der Waals surface area contributed by atoms with Gasteiger partial charge in [-0.05, 0) is 58.7 Å². The van der Waals surface area contributed by atoms with Crippen LogP contribution in [0, 0.1) is 27.7 Å². The van der Waals surface area contributed by atoms with Crippen LogP contribution in [-0.4, -0.2) is 9.52 Å². The van der Waals surface area contributed by atoms with Gasteiger partial charge in [0.1, 0.15) is 0 Å². The summed E-state index contributed by atoms with van der Waals surface area (Å²) in [7, 11) is 11.0. The topological polar surface area (TPSA) is 0 Å². The van der Waals surface area contributed by atoms with Gasteiger partial charge in [-0.15, -0.1) is 56.9 Å². The summed E-state index contributed by atoms with van der Waals surface area (Å²) in [6, 6.07) is 48.8. The van der Waals surface area contributed by atoms with Gasteiger partial charge in [0.15, 0.2) is 0 Å². The Morgan fingerprint density at radius 2 is 0.833 bits per heavy atom. The maximum atomic E-state index is 4.93. The van der Waals surface area contributed by atoms with Crippen LogP contribution in [0.3, 0.4) is 0 Å². The van der Waals surface area contributed by atoms with Crippen molar-refractivity contribution < 1.29 is 20.8 Å². The van der Waals surface area contributed by atoms with E-state index in [0.29, 0.717) is 0 Å². The second kappa shape index (κ2) is 16.9. The van der Waals surface area contributed by atoms with E-state index in [0.717, 1.165) is 9.52 Å². The maximum absolute atomic E-state index is 4.93. The molecule has 0 spiro atoms. The normalized spacial score (nSPS) is 10.5. The first-order valence-electron chi connectivity index (χ1n) is 16.1. The molecule has 0 unspecified atom stereocenters. The number of halogens is 2. The van der Waals surface area contributed by atoms with E-state index in [1.807, 2.05) is 0 Å². The van der Waals surface area contributed by atoms with Crippen molar-refractivity contribution in [1.82, 2.24) is 0 Å². The average Bonchev–Trinajstić information content (AvgIpc) is 3.65. The summed E-state index contributed by atoms with van der Waals surface area (Å²) in [5.41, 5.74) is 10.6. The predicted octanol–water partition coefficient (Wildman–Crippen LogP) is 14.2. The average molecular weight is 759 g/mol. The first-order valence-corrected chi connectivity index (χ1v) is 24.5. The van der Waals surface area contributed by atoms with Crippen LogP contribution in [0.1, 0.15) is 22.3 Å². The molecule has 48 heavy (non-hydrogen) atoms. The van der Waals surface area contributed by atoms with E-state index >= 15 is 0 Å². The van der Waals surface area contributed by atoms with Crippen molar-refractivity contribution in [2.24, 2.45) is 0 Å². The van der Waals surface area contributed by atoms with E-state index in [1.54, 1.807) is 0 Å². The molecule has 0 nitrogen and oxygen atoms in total. The molecule has 8 rings (SSSR count). The molecule has 238 valence electrons. The minimum absolute atomic E-state index is 0.826. The Morgan fingerprint density at radius 3 is 1.21 bits per heavy atom. The second-order valence-corrected chi connectivity index (χ2v) is 17.1. The van der Waals surface area contributed by atoms with Gasteiger partial charge in [-0.25, -0.2) is 0 Å². The number of hydrogen-bond acceptors (Lipinski definition) is 0. The van der Waals surface area contributed by atoms with Crippen LogP contribution in [0.4, 0.5) is 0 Å². The number of rotatable bonds is 2. The van der Waals surface area contributed by atoms with Crippen molar-refractivity contribution >= 4 is 69.6 Å². The van der Waals surface area contributed by atoms with Gasteiger partial charge in [-0.1, -0.05) is 134 Å². The molecular formula is C44H40Cl2SiZr. The molecule has 0 atom stereocenters. The van der Waals surface area contributed by atoms with Gasteiger partial charge >= 0.3 is 37.9 Å². The quantitative estimate of drug-likeness (QED) is 0.122. The zero-order valence-electron chi connectivity index (χ0n) is 28.5. The molecule has 0 amide bonds. The molecule has 0 aliphatic carbocycles. The van der Waals surface area contributed by atoms with Crippen molar-refractivity contribution in [1.29, 1.82) is 0 Å². The van der Waals surface area contributed by atoms with Crippen LogP contribution in [0.25, 0.3) is 65.3 Å². The Labute approximate surface area is 306 Å². The van der Waals surface area contributed by atoms with E-state index in [-0.39, 0.29) is 0 Å². The fourth-order valence-corrected chi connectivity index (χ4v) is 6.43. The summed E-state index contributed by atoms with van der Waals surface area (Å²) in [6.45, 7) is 13.0. The van der Waals surface area contributed by atoms with Gasteiger partial charge in [-0.3, -0.25) is 0 Å². The molecule has 2 radical (unpaired) electrons. The molecule has 0 heterocycles. The van der Waals surface area contributed by atoms with Gasteiger partial charge < -0.3 is 0 Å². The van der Waals surface area contributed by atoms with E-state index < -0.39 is 20.8 Å². The molecule has 0 saturated carbocycles. The number of benzene rings is 6. The molecule has 0 aliphatic heterocycles. The fourth-order valence-electron chi connectivity index (χ4n) is 6.43. The van der Waals surface area contributed by atoms with Crippen molar-refractivity contribution in [3.63, 3.8) is 0 Å². The summed E-state index contributed by atoms with van der Waals surface area (Å²) >= 11 is -0.826.